The van der Waals surface area contributed by atoms with Crippen molar-refractivity contribution in [1.82, 2.24) is 0 Å². The Bertz CT molecular complexity index is 1130. The summed E-state index contributed by atoms with van der Waals surface area (Å²) in [7, 11) is 1.69. The molecule has 0 aromatic heterocycles. The van der Waals surface area contributed by atoms with Gasteiger partial charge in [0.25, 0.3) is 0 Å². The molecule has 0 spiro atoms. The minimum absolute atomic E-state index is 0.650. The topological polar surface area (TPSA) is 9.23 Å². The fourth-order valence-corrected chi connectivity index (χ4v) is 12.3. The van der Waals surface area contributed by atoms with Gasteiger partial charge in [0.2, 0.25) is 0 Å². The van der Waals surface area contributed by atoms with Crippen LogP contribution in [0.4, 0.5) is 0 Å². The van der Waals surface area contributed by atoms with E-state index in [9.17, 15) is 0 Å². The molecule has 32 heavy (non-hydrogen) atoms. The first kappa shape index (κ1) is 23.5. The van der Waals surface area contributed by atoms with Crippen molar-refractivity contribution in [3.8, 4) is 5.75 Å². The normalized spacial score (nSPS) is 12.7. The molecule has 4 aromatic rings. The molecule has 0 saturated carbocycles. The van der Waals surface area contributed by atoms with Gasteiger partial charge >= 0.3 is 213 Å². The molecule has 0 aliphatic rings. The second-order valence-electron chi connectivity index (χ2n) is 7.83. The third kappa shape index (κ3) is 3.84. The standard InChI is InChI=1S/C27H24Br2ClOP/c1-20-26(31-2)18-25(28)24(27(20)29)19-32(30,21-12-6-3-7-13-21,22-14-8-4-9-15-22)23-16-10-5-11-17-23/h3-18H,19H2,1-2H3. The summed E-state index contributed by atoms with van der Waals surface area (Å²) < 4.78 is 7.58. The molecule has 0 heterocycles. The summed E-state index contributed by atoms with van der Waals surface area (Å²) in [5.41, 5.74) is 2.19. The molecular formula is C27H24Br2ClOP. The molecule has 0 unspecified atom stereocenters. The molecule has 0 aliphatic carbocycles. The Hall–Kier alpha value is -1.64. The number of methoxy groups -OCH3 is 1. The van der Waals surface area contributed by atoms with E-state index in [-0.39, 0.29) is 0 Å². The molecule has 5 heteroatoms. The van der Waals surface area contributed by atoms with Crippen LogP contribution < -0.4 is 20.7 Å². The second kappa shape index (κ2) is 9.31. The van der Waals surface area contributed by atoms with E-state index in [2.05, 4.69) is 112 Å². The van der Waals surface area contributed by atoms with Crippen molar-refractivity contribution in [1.29, 1.82) is 0 Å². The van der Waals surface area contributed by atoms with Gasteiger partial charge in [0.05, 0.1) is 0 Å². The van der Waals surface area contributed by atoms with E-state index in [1.54, 1.807) is 7.11 Å². The van der Waals surface area contributed by atoms with Gasteiger partial charge in [-0.3, -0.25) is 0 Å². The summed E-state index contributed by atoms with van der Waals surface area (Å²) in [5, 5.41) is 3.43. The summed E-state index contributed by atoms with van der Waals surface area (Å²) in [6.07, 6.45) is 0.650. The van der Waals surface area contributed by atoms with Crippen LogP contribution in [0.3, 0.4) is 0 Å². The third-order valence-electron chi connectivity index (χ3n) is 6.07. The van der Waals surface area contributed by atoms with Crippen LogP contribution in [0.15, 0.2) is 106 Å². The average Bonchev–Trinajstić information content (AvgIpc) is 2.85. The predicted octanol–water partition coefficient (Wildman–Crippen LogP) is 7.71. The molecule has 0 saturated heterocycles. The van der Waals surface area contributed by atoms with Crippen LogP contribution >= 0.6 is 49.1 Å². The molecule has 1 nitrogen and oxygen atoms in total. The Morgan fingerprint density at radius 3 is 1.53 bits per heavy atom. The van der Waals surface area contributed by atoms with Crippen LogP contribution in [-0.4, -0.2) is 7.11 Å². The van der Waals surface area contributed by atoms with E-state index >= 15 is 0 Å². The van der Waals surface area contributed by atoms with E-state index < -0.39 is 5.96 Å². The first-order valence-electron chi connectivity index (χ1n) is 10.3. The molecule has 0 amide bonds. The van der Waals surface area contributed by atoms with Gasteiger partial charge in [-0.25, -0.2) is 0 Å². The van der Waals surface area contributed by atoms with Crippen molar-refractivity contribution in [2.24, 2.45) is 0 Å². The Balaban J connectivity index is 2.12. The fourth-order valence-electron chi connectivity index (χ4n) is 4.34. The van der Waals surface area contributed by atoms with Crippen molar-refractivity contribution in [2.75, 3.05) is 7.11 Å². The molecule has 0 radical (unpaired) electrons. The van der Waals surface area contributed by atoms with Crippen LogP contribution in [0.1, 0.15) is 11.1 Å². The van der Waals surface area contributed by atoms with Crippen molar-refractivity contribution in [2.45, 2.75) is 13.1 Å². The van der Waals surface area contributed by atoms with Gasteiger partial charge in [0.15, 0.2) is 0 Å². The van der Waals surface area contributed by atoms with E-state index in [1.165, 1.54) is 0 Å². The summed E-state index contributed by atoms with van der Waals surface area (Å²) in [6, 6.07) is 33.6. The van der Waals surface area contributed by atoms with Crippen molar-refractivity contribution >= 4 is 65.0 Å². The zero-order valence-electron chi connectivity index (χ0n) is 17.9. The minimum atomic E-state index is -3.43. The van der Waals surface area contributed by atoms with E-state index in [0.29, 0.717) is 6.16 Å². The van der Waals surface area contributed by atoms with Crippen molar-refractivity contribution < 1.29 is 4.74 Å². The monoisotopic (exact) mass is 588 g/mol. The van der Waals surface area contributed by atoms with Gasteiger partial charge in [0.1, 0.15) is 0 Å². The van der Waals surface area contributed by atoms with Crippen LogP contribution in [0, 0.1) is 6.92 Å². The van der Waals surface area contributed by atoms with Crippen LogP contribution in [0.5, 0.6) is 5.75 Å². The van der Waals surface area contributed by atoms with Crippen LogP contribution in [-0.2, 0) is 6.16 Å². The van der Waals surface area contributed by atoms with Crippen LogP contribution in [0.2, 0.25) is 0 Å². The number of ether oxygens (including phenoxy) is 1. The van der Waals surface area contributed by atoms with Gasteiger partial charge in [0, 0.05) is 0 Å². The Labute approximate surface area is 211 Å². The average molecular weight is 591 g/mol. The summed E-state index contributed by atoms with van der Waals surface area (Å²) in [4.78, 5) is 0. The number of halogens is 3. The molecule has 164 valence electrons. The Morgan fingerprint density at radius 2 is 1.16 bits per heavy atom. The molecule has 0 aliphatic heterocycles. The molecule has 4 rings (SSSR count). The van der Waals surface area contributed by atoms with E-state index in [1.807, 2.05) is 24.3 Å². The van der Waals surface area contributed by atoms with Crippen LogP contribution in [0.25, 0.3) is 0 Å². The van der Waals surface area contributed by atoms with Crippen molar-refractivity contribution in [3.05, 3.63) is 117 Å². The third-order valence-corrected chi connectivity index (χ3v) is 15.0. The number of hydrogen-bond donors (Lipinski definition) is 0. The first-order valence-corrected chi connectivity index (χ1v) is 15.2. The fraction of sp³-hybridized carbons (Fsp3) is 0.111. The molecule has 0 atom stereocenters. The van der Waals surface area contributed by atoms with Crippen molar-refractivity contribution in [3.63, 3.8) is 0 Å². The zero-order valence-corrected chi connectivity index (χ0v) is 22.8. The number of benzene rings is 4. The summed E-state index contributed by atoms with van der Waals surface area (Å²) >= 11 is 15.9. The summed E-state index contributed by atoms with van der Waals surface area (Å²) in [5.74, 6) is -2.59. The maximum absolute atomic E-state index is 8.24. The zero-order chi connectivity index (χ0) is 22.8. The molecule has 0 fully saturated rings. The number of rotatable bonds is 6. The van der Waals surface area contributed by atoms with Gasteiger partial charge < -0.3 is 0 Å². The SMILES string of the molecule is COc1cc(Br)c(CP(Cl)(c2ccccc2)(c2ccccc2)c2ccccc2)c(Br)c1C. The quantitative estimate of drug-likeness (QED) is 0.209. The molecule has 0 bridgehead atoms. The Kier molecular flexibility index (Phi) is 6.84. The van der Waals surface area contributed by atoms with E-state index in [4.69, 9.17) is 16.0 Å². The Morgan fingerprint density at radius 1 is 0.750 bits per heavy atom. The second-order valence-corrected chi connectivity index (χ2v) is 15.9. The van der Waals surface area contributed by atoms with Gasteiger partial charge in [-0.2, -0.15) is 0 Å². The van der Waals surface area contributed by atoms with Gasteiger partial charge in [-0.15, -0.1) is 0 Å². The number of hydrogen-bond acceptors (Lipinski definition) is 1. The first-order chi connectivity index (χ1) is 15.4. The predicted molar refractivity (Wildman–Crippen MR) is 148 cm³/mol. The maximum atomic E-state index is 8.24. The van der Waals surface area contributed by atoms with E-state index in [0.717, 1.165) is 41.7 Å². The molecular weight excluding hydrogens is 567 g/mol. The molecule has 4 aromatic carbocycles. The van der Waals surface area contributed by atoms with Gasteiger partial charge in [-0.1, -0.05) is 0 Å². The summed E-state index contributed by atoms with van der Waals surface area (Å²) in [6.45, 7) is 2.07. The van der Waals surface area contributed by atoms with Gasteiger partial charge in [-0.05, 0) is 0 Å². The molecule has 0 N–H and O–H groups in total.